The van der Waals surface area contributed by atoms with Crippen molar-refractivity contribution in [2.24, 2.45) is 5.84 Å². The Morgan fingerprint density at radius 1 is 1.60 bits per heavy atom. The van der Waals surface area contributed by atoms with Crippen LogP contribution in [0.15, 0.2) is 36.9 Å². The number of nitrogens with one attached hydrogen (secondary N) is 1. The van der Waals surface area contributed by atoms with Gasteiger partial charge in [-0.3, -0.25) is 10.2 Å². The molecule has 0 radical (unpaired) electrons. The van der Waals surface area contributed by atoms with Crippen LogP contribution in [0.2, 0.25) is 0 Å². The highest BCUT2D eigenvalue weighted by Gasteiger charge is 2.03. The Bertz CT molecular complexity index is 350. The fraction of sp³-hybridized carbons (Fsp3) is 0.182. The van der Waals surface area contributed by atoms with E-state index in [2.05, 4.69) is 12.0 Å². The Labute approximate surface area is 88.7 Å². The van der Waals surface area contributed by atoms with E-state index in [-0.39, 0.29) is 5.91 Å². The maximum atomic E-state index is 11.2. The topological polar surface area (TPSA) is 64.3 Å². The van der Waals surface area contributed by atoms with Gasteiger partial charge >= 0.3 is 0 Å². The summed E-state index contributed by atoms with van der Waals surface area (Å²) in [6, 6.07) is 7.11. The maximum Gasteiger partial charge on any atom is 0.265 e. The summed E-state index contributed by atoms with van der Waals surface area (Å²) in [6.45, 7) is 4.49. The van der Waals surface area contributed by atoms with Crippen molar-refractivity contribution in [3.63, 3.8) is 0 Å². The minimum absolute atomic E-state index is 0.305. The molecule has 3 N–H and O–H groups in total. The average Bonchev–Trinajstić information content (AvgIpc) is 2.29. The number of hydrazine groups is 1. The molecular weight excluding hydrogens is 192 g/mol. The molecule has 1 aromatic rings. The second-order valence-electron chi connectivity index (χ2n) is 2.98. The van der Waals surface area contributed by atoms with Gasteiger partial charge in [0.05, 0.1) is 13.2 Å². The van der Waals surface area contributed by atoms with Crippen molar-refractivity contribution in [1.29, 1.82) is 0 Å². The monoisotopic (exact) mass is 206 g/mol. The number of hydrogen-bond acceptors (Lipinski definition) is 3. The standard InChI is InChI=1S/C11H14N2O2/c1-2-6-15-8-9-4-3-5-10(7-9)11(14)13-12/h2-5,7H,1,6,8,12H2,(H,13,14). The Kier molecular flexibility index (Phi) is 4.53. The van der Waals surface area contributed by atoms with Crippen molar-refractivity contribution in [3.8, 4) is 0 Å². The summed E-state index contributed by atoms with van der Waals surface area (Å²) in [6.07, 6.45) is 1.68. The van der Waals surface area contributed by atoms with E-state index < -0.39 is 0 Å². The van der Waals surface area contributed by atoms with Gasteiger partial charge in [0.25, 0.3) is 5.91 Å². The molecule has 0 fully saturated rings. The molecule has 0 aliphatic carbocycles. The smallest absolute Gasteiger partial charge is 0.265 e. The molecular formula is C11H14N2O2. The van der Waals surface area contributed by atoms with Crippen LogP contribution in [-0.4, -0.2) is 12.5 Å². The van der Waals surface area contributed by atoms with Gasteiger partial charge in [0, 0.05) is 5.56 Å². The van der Waals surface area contributed by atoms with Crippen molar-refractivity contribution in [2.75, 3.05) is 6.61 Å². The quantitative estimate of drug-likeness (QED) is 0.248. The van der Waals surface area contributed by atoms with E-state index in [1.807, 2.05) is 6.07 Å². The summed E-state index contributed by atoms with van der Waals surface area (Å²) >= 11 is 0. The lowest BCUT2D eigenvalue weighted by Crippen LogP contribution is -2.29. The van der Waals surface area contributed by atoms with E-state index in [0.29, 0.717) is 18.8 Å². The molecule has 1 rings (SSSR count). The number of carbonyl (C=O) groups excluding carboxylic acids is 1. The molecule has 0 heterocycles. The summed E-state index contributed by atoms with van der Waals surface area (Å²) in [4.78, 5) is 11.2. The van der Waals surface area contributed by atoms with Crippen molar-refractivity contribution >= 4 is 5.91 Å². The second-order valence-corrected chi connectivity index (χ2v) is 2.98. The molecule has 0 spiro atoms. The summed E-state index contributed by atoms with van der Waals surface area (Å²) < 4.78 is 5.26. The van der Waals surface area contributed by atoms with Crippen LogP contribution in [0.4, 0.5) is 0 Å². The zero-order chi connectivity index (χ0) is 11.1. The van der Waals surface area contributed by atoms with E-state index in [1.165, 1.54) is 0 Å². The summed E-state index contributed by atoms with van der Waals surface area (Å²) in [5.74, 6) is 4.73. The first-order valence-electron chi connectivity index (χ1n) is 4.56. The van der Waals surface area contributed by atoms with Crippen molar-refractivity contribution in [2.45, 2.75) is 6.61 Å². The minimum atomic E-state index is -0.305. The molecule has 4 heteroatoms. The molecule has 80 valence electrons. The van der Waals surface area contributed by atoms with Gasteiger partial charge < -0.3 is 4.74 Å². The second kappa shape index (κ2) is 5.95. The van der Waals surface area contributed by atoms with Gasteiger partial charge in [-0.1, -0.05) is 18.2 Å². The molecule has 0 bridgehead atoms. The van der Waals surface area contributed by atoms with Gasteiger partial charge in [0.1, 0.15) is 0 Å². The van der Waals surface area contributed by atoms with E-state index in [0.717, 1.165) is 5.56 Å². The fourth-order valence-electron chi connectivity index (χ4n) is 1.15. The predicted molar refractivity (Wildman–Crippen MR) is 57.9 cm³/mol. The maximum absolute atomic E-state index is 11.2. The third kappa shape index (κ3) is 3.53. The van der Waals surface area contributed by atoms with Gasteiger partial charge in [-0.2, -0.15) is 0 Å². The number of carbonyl (C=O) groups is 1. The van der Waals surface area contributed by atoms with Gasteiger partial charge in [-0.25, -0.2) is 5.84 Å². The average molecular weight is 206 g/mol. The van der Waals surface area contributed by atoms with Crippen LogP contribution in [-0.2, 0) is 11.3 Å². The fourth-order valence-corrected chi connectivity index (χ4v) is 1.15. The first-order valence-corrected chi connectivity index (χ1v) is 4.56. The molecule has 0 aliphatic rings. The van der Waals surface area contributed by atoms with Gasteiger partial charge in [-0.05, 0) is 17.7 Å². The molecule has 1 amide bonds. The number of hydrogen-bond donors (Lipinski definition) is 2. The normalized spacial score (nSPS) is 9.67. The van der Waals surface area contributed by atoms with E-state index in [9.17, 15) is 4.79 Å². The SMILES string of the molecule is C=CCOCc1cccc(C(=O)NN)c1. The Balaban J connectivity index is 2.65. The van der Waals surface area contributed by atoms with Crippen LogP contribution in [0.25, 0.3) is 0 Å². The lowest BCUT2D eigenvalue weighted by molar-refractivity contribution is 0.0953. The van der Waals surface area contributed by atoms with E-state index in [4.69, 9.17) is 10.6 Å². The number of rotatable bonds is 5. The number of nitrogen functional groups attached to an aromatic ring is 1. The molecule has 0 unspecified atom stereocenters. The first-order chi connectivity index (χ1) is 7.27. The molecule has 0 saturated carbocycles. The van der Waals surface area contributed by atoms with Crippen molar-refractivity contribution < 1.29 is 9.53 Å². The van der Waals surface area contributed by atoms with Crippen LogP contribution < -0.4 is 11.3 Å². The Morgan fingerprint density at radius 3 is 3.07 bits per heavy atom. The molecule has 1 aromatic carbocycles. The molecule has 0 aliphatic heterocycles. The van der Waals surface area contributed by atoms with Gasteiger partial charge in [0.2, 0.25) is 0 Å². The summed E-state index contributed by atoms with van der Waals surface area (Å²) in [5, 5.41) is 0. The van der Waals surface area contributed by atoms with Crippen molar-refractivity contribution in [3.05, 3.63) is 48.0 Å². The van der Waals surface area contributed by atoms with Crippen molar-refractivity contribution in [1.82, 2.24) is 5.43 Å². The van der Waals surface area contributed by atoms with Crippen LogP contribution in [0.1, 0.15) is 15.9 Å². The predicted octanol–water partition coefficient (Wildman–Crippen LogP) is 0.993. The molecule has 15 heavy (non-hydrogen) atoms. The summed E-state index contributed by atoms with van der Waals surface area (Å²) in [7, 11) is 0. The third-order valence-electron chi connectivity index (χ3n) is 1.82. The lowest BCUT2D eigenvalue weighted by atomic mass is 10.1. The number of nitrogens with two attached hydrogens (primary N) is 1. The Morgan fingerprint density at radius 2 is 2.40 bits per heavy atom. The van der Waals surface area contributed by atoms with Crippen LogP contribution in [0.3, 0.4) is 0 Å². The van der Waals surface area contributed by atoms with Crippen LogP contribution in [0.5, 0.6) is 0 Å². The molecule has 0 atom stereocenters. The van der Waals surface area contributed by atoms with Crippen LogP contribution in [0, 0.1) is 0 Å². The van der Waals surface area contributed by atoms with Gasteiger partial charge in [-0.15, -0.1) is 6.58 Å². The first kappa shape index (κ1) is 11.4. The zero-order valence-corrected chi connectivity index (χ0v) is 8.40. The van der Waals surface area contributed by atoms with Crippen LogP contribution >= 0.6 is 0 Å². The number of ether oxygens (including phenoxy) is 1. The Hall–Kier alpha value is -1.65. The lowest BCUT2D eigenvalue weighted by Gasteiger charge is -2.04. The highest BCUT2D eigenvalue weighted by Crippen LogP contribution is 2.06. The van der Waals surface area contributed by atoms with E-state index >= 15 is 0 Å². The largest absolute Gasteiger partial charge is 0.373 e. The number of amides is 1. The molecule has 0 aromatic heterocycles. The summed E-state index contributed by atoms with van der Waals surface area (Å²) in [5.41, 5.74) is 3.53. The molecule has 4 nitrogen and oxygen atoms in total. The minimum Gasteiger partial charge on any atom is -0.373 e. The highest BCUT2D eigenvalue weighted by atomic mass is 16.5. The molecule has 0 saturated heterocycles. The highest BCUT2D eigenvalue weighted by molar-refractivity contribution is 5.93. The number of benzene rings is 1. The third-order valence-corrected chi connectivity index (χ3v) is 1.82. The van der Waals surface area contributed by atoms with Gasteiger partial charge in [0.15, 0.2) is 0 Å². The zero-order valence-electron chi connectivity index (χ0n) is 8.40. The van der Waals surface area contributed by atoms with E-state index in [1.54, 1.807) is 24.3 Å².